The third-order valence-corrected chi connectivity index (χ3v) is 3.53. The maximum atomic E-state index is 12.1. The number of likely N-dealkylation sites (N-methyl/N-ethyl adjacent to an activating group) is 1. The van der Waals surface area contributed by atoms with Gasteiger partial charge < -0.3 is 10.1 Å². The Labute approximate surface area is 118 Å². The van der Waals surface area contributed by atoms with Crippen molar-refractivity contribution in [3.05, 3.63) is 46.4 Å². The summed E-state index contributed by atoms with van der Waals surface area (Å²) in [5.74, 6) is -0.217. The number of rotatable bonds is 5. The molecule has 1 atom stereocenters. The molecule has 0 aliphatic rings. The number of benzene rings is 1. The molecule has 20 heavy (non-hydrogen) atoms. The summed E-state index contributed by atoms with van der Waals surface area (Å²) >= 11 is 1.55. The summed E-state index contributed by atoms with van der Waals surface area (Å²) in [6.45, 7) is 0. The minimum atomic E-state index is -4.66. The zero-order valence-electron chi connectivity index (χ0n) is 10.6. The molecule has 1 heterocycles. The van der Waals surface area contributed by atoms with E-state index in [9.17, 15) is 13.2 Å². The van der Waals surface area contributed by atoms with Crippen molar-refractivity contribution in [2.75, 3.05) is 7.05 Å². The van der Waals surface area contributed by atoms with E-state index in [1.54, 1.807) is 36.7 Å². The number of hydrogen-bond acceptors (Lipinski definition) is 4. The van der Waals surface area contributed by atoms with Crippen molar-refractivity contribution in [2.24, 2.45) is 0 Å². The van der Waals surface area contributed by atoms with Gasteiger partial charge in [0.05, 0.1) is 5.01 Å². The molecule has 1 aromatic carbocycles. The lowest BCUT2D eigenvalue weighted by atomic mass is 10.0. The van der Waals surface area contributed by atoms with Crippen LogP contribution in [0.1, 0.15) is 16.6 Å². The summed E-state index contributed by atoms with van der Waals surface area (Å²) in [7, 11) is 1.80. The van der Waals surface area contributed by atoms with E-state index in [4.69, 9.17) is 0 Å². The van der Waals surface area contributed by atoms with E-state index in [2.05, 4.69) is 15.0 Å². The molecule has 1 unspecified atom stereocenters. The quantitative estimate of drug-likeness (QED) is 0.917. The molecule has 0 amide bonds. The Kier molecular flexibility index (Phi) is 4.61. The van der Waals surface area contributed by atoms with E-state index in [1.165, 1.54) is 12.1 Å². The van der Waals surface area contributed by atoms with E-state index in [1.807, 2.05) is 5.38 Å². The number of ether oxygens (including phenoxy) is 1. The molecule has 2 aromatic rings. The molecule has 0 aliphatic carbocycles. The first-order valence-electron chi connectivity index (χ1n) is 5.89. The molecule has 3 nitrogen and oxygen atoms in total. The first-order valence-corrected chi connectivity index (χ1v) is 6.77. The van der Waals surface area contributed by atoms with Crippen LogP contribution in [-0.4, -0.2) is 18.4 Å². The first kappa shape index (κ1) is 14.8. The maximum Gasteiger partial charge on any atom is 0.573 e. The van der Waals surface area contributed by atoms with Crippen LogP contribution in [0, 0.1) is 0 Å². The molecule has 0 bridgehead atoms. The van der Waals surface area contributed by atoms with E-state index in [0.717, 1.165) is 10.6 Å². The molecule has 1 aromatic heterocycles. The predicted octanol–water partition coefficient (Wildman–Crippen LogP) is 3.54. The van der Waals surface area contributed by atoms with Gasteiger partial charge in [-0.05, 0) is 24.7 Å². The summed E-state index contributed by atoms with van der Waals surface area (Å²) in [5, 5.41) is 5.99. The van der Waals surface area contributed by atoms with Gasteiger partial charge in [-0.15, -0.1) is 24.5 Å². The van der Waals surface area contributed by atoms with Gasteiger partial charge in [0.15, 0.2) is 0 Å². The van der Waals surface area contributed by atoms with Gasteiger partial charge in [0.25, 0.3) is 0 Å². The molecule has 0 fully saturated rings. The number of aromatic nitrogens is 1. The smallest absolute Gasteiger partial charge is 0.406 e. The van der Waals surface area contributed by atoms with Crippen LogP contribution in [0.4, 0.5) is 13.2 Å². The fourth-order valence-electron chi connectivity index (χ4n) is 1.82. The second-order valence-corrected chi connectivity index (χ2v) is 5.07. The highest BCUT2D eigenvalue weighted by molar-refractivity contribution is 7.09. The van der Waals surface area contributed by atoms with Crippen molar-refractivity contribution >= 4 is 11.3 Å². The lowest BCUT2D eigenvalue weighted by Crippen LogP contribution is -2.19. The summed E-state index contributed by atoms with van der Waals surface area (Å²) in [6, 6.07) is 5.87. The fourth-order valence-corrected chi connectivity index (χ4v) is 2.48. The minimum absolute atomic E-state index is 0.00101. The minimum Gasteiger partial charge on any atom is -0.406 e. The molecule has 0 spiro atoms. The average Bonchev–Trinajstić information content (AvgIpc) is 2.88. The molecule has 0 saturated heterocycles. The second kappa shape index (κ2) is 6.23. The highest BCUT2D eigenvalue weighted by atomic mass is 32.1. The predicted molar refractivity (Wildman–Crippen MR) is 70.7 cm³/mol. The number of halogens is 3. The highest BCUT2D eigenvalue weighted by Gasteiger charge is 2.31. The zero-order valence-corrected chi connectivity index (χ0v) is 11.5. The molecule has 1 N–H and O–H groups in total. The lowest BCUT2D eigenvalue weighted by Gasteiger charge is -2.16. The van der Waals surface area contributed by atoms with Crippen LogP contribution >= 0.6 is 11.3 Å². The third-order valence-electron chi connectivity index (χ3n) is 2.73. The topological polar surface area (TPSA) is 34.2 Å². The van der Waals surface area contributed by atoms with E-state index < -0.39 is 6.36 Å². The lowest BCUT2D eigenvalue weighted by molar-refractivity contribution is -0.274. The van der Waals surface area contributed by atoms with Gasteiger partial charge in [-0.2, -0.15) is 0 Å². The Bertz CT molecular complexity index is 526. The molecular weight excluding hydrogens is 289 g/mol. The molecule has 0 aliphatic heterocycles. The normalized spacial score (nSPS) is 13.2. The van der Waals surface area contributed by atoms with E-state index in [-0.39, 0.29) is 11.8 Å². The van der Waals surface area contributed by atoms with Crippen LogP contribution < -0.4 is 10.1 Å². The van der Waals surface area contributed by atoms with Gasteiger partial charge in [0.1, 0.15) is 5.75 Å². The Morgan fingerprint density at radius 3 is 2.50 bits per heavy atom. The molecule has 7 heteroatoms. The Balaban J connectivity index is 2.07. The number of hydrogen-bond donors (Lipinski definition) is 1. The molecule has 108 valence electrons. The van der Waals surface area contributed by atoms with Crippen molar-refractivity contribution < 1.29 is 17.9 Å². The monoisotopic (exact) mass is 302 g/mol. The van der Waals surface area contributed by atoms with E-state index in [0.29, 0.717) is 6.42 Å². The number of thiazole rings is 1. The molecule has 0 radical (unpaired) electrons. The standard InChI is InChI=1S/C13H13F3N2OS/c1-17-11(8-12-18-6-7-20-12)9-2-4-10(5-3-9)19-13(14,15)16/h2-7,11,17H,8H2,1H3. The van der Waals surface area contributed by atoms with Gasteiger partial charge in [-0.1, -0.05) is 12.1 Å². The van der Waals surface area contributed by atoms with Crippen LogP contribution in [0.15, 0.2) is 35.8 Å². The average molecular weight is 302 g/mol. The summed E-state index contributed by atoms with van der Waals surface area (Å²) in [4.78, 5) is 4.20. The van der Waals surface area contributed by atoms with Crippen molar-refractivity contribution in [3.8, 4) is 5.75 Å². The number of nitrogens with zero attached hydrogens (tertiary/aromatic N) is 1. The van der Waals surface area contributed by atoms with Crippen LogP contribution in [0.2, 0.25) is 0 Å². The van der Waals surface area contributed by atoms with Crippen LogP contribution in [-0.2, 0) is 6.42 Å². The molecular formula is C13H13F3N2OS. The van der Waals surface area contributed by atoms with Crippen LogP contribution in [0.25, 0.3) is 0 Å². The Morgan fingerprint density at radius 1 is 1.30 bits per heavy atom. The van der Waals surface area contributed by atoms with Gasteiger partial charge >= 0.3 is 6.36 Å². The number of nitrogens with one attached hydrogen (secondary N) is 1. The Hall–Kier alpha value is -1.60. The fraction of sp³-hybridized carbons (Fsp3) is 0.308. The summed E-state index contributed by atoms with van der Waals surface area (Å²) in [6.07, 6.45) is -2.24. The zero-order chi connectivity index (χ0) is 14.6. The van der Waals surface area contributed by atoms with Gasteiger partial charge in [0.2, 0.25) is 0 Å². The maximum absolute atomic E-state index is 12.1. The van der Waals surface area contributed by atoms with Crippen molar-refractivity contribution in [1.29, 1.82) is 0 Å². The van der Waals surface area contributed by atoms with Crippen LogP contribution in [0.5, 0.6) is 5.75 Å². The third kappa shape index (κ3) is 4.21. The number of alkyl halides is 3. The molecule has 2 rings (SSSR count). The van der Waals surface area contributed by atoms with Crippen LogP contribution in [0.3, 0.4) is 0 Å². The van der Waals surface area contributed by atoms with Crippen molar-refractivity contribution in [3.63, 3.8) is 0 Å². The van der Waals surface area contributed by atoms with Gasteiger partial charge in [0, 0.05) is 24.0 Å². The summed E-state index contributed by atoms with van der Waals surface area (Å²) < 4.78 is 40.1. The van der Waals surface area contributed by atoms with Gasteiger partial charge in [-0.25, -0.2) is 4.98 Å². The van der Waals surface area contributed by atoms with Crippen molar-refractivity contribution in [1.82, 2.24) is 10.3 Å². The summed E-state index contributed by atoms with van der Waals surface area (Å²) in [5.41, 5.74) is 0.886. The largest absolute Gasteiger partial charge is 0.573 e. The Morgan fingerprint density at radius 2 is 2.00 bits per heavy atom. The second-order valence-electron chi connectivity index (χ2n) is 4.09. The van der Waals surface area contributed by atoms with E-state index >= 15 is 0 Å². The first-order chi connectivity index (χ1) is 9.48. The molecule has 0 saturated carbocycles. The SMILES string of the molecule is CNC(Cc1nccs1)c1ccc(OC(F)(F)F)cc1. The van der Waals surface area contributed by atoms with Crippen molar-refractivity contribution in [2.45, 2.75) is 18.8 Å². The highest BCUT2D eigenvalue weighted by Crippen LogP contribution is 2.25. The van der Waals surface area contributed by atoms with Gasteiger partial charge in [-0.3, -0.25) is 0 Å².